The molecule has 2 heterocycles. The number of benzene rings is 1. The van der Waals surface area contributed by atoms with Crippen molar-refractivity contribution in [2.24, 2.45) is 5.92 Å². The first-order chi connectivity index (χ1) is 12.8. The summed E-state index contributed by atoms with van der Waals surface area (Å²) in [6.45, 7) is 1.01. The van der Waals surface area contributed by atoms with Gasteiger partial charge in [0.2, 0.25) is 0 Å². The summed E-state index contributed by atoms with van der Waals surface area (Å²) in [6, 6.07) is 4.23. The number of likely N-dealkylation sites (tertiary alicyclic amines) is 1. The summed E-state index contributed by atoms with van der Waals surface area (Å²) < 4.78 is 6.09. The van der Waals surface area contributed by atoms with Gasteiger partial charge < -0.3 is 30.1 Å². The topological polar surface area (TPSA) is 128 Å². The fraction of sp³-hybridized carbons (Fsp3) is 0.474. The minimum atomic E-state index is -1.82. The number of aliphatic hydroxyl groups is 1. The number of carboxylic acid groups (broad SMARTS) is 2. The molecule has 4 aliphatic rings. The SMILES string of the molecule is CN1CC[C@]23c4c5ccc(O)c4O[C@H]2[C@@H](O)C=C[C@H]3[C@H]1C5.O=C(O)C(=O)O. The Labute approximate surface area is 155 Å². The number of carboxylic acids is 2. The zero-order chi connectivity index (χ0) is 19.5. The van der Waals surface area contributed by atoms with Gasteiger partial charge in [0.15, 0.2) is 11.5 Å². The van der Waals surface area contributed by atoms with Crippen LogP contribution in [0.2, 0.25) is 0 Å². The standard InChI is InChI=1S/C17H19NO3.C2H2O4/c1-18-7-6-17-10-3-5-13(20)16(17)21-15-12(19)4-2-9(14(15)17)8-11(10)18;3-1(4)2(5)6/h2-5,10-11,13,16,19-20H,6-8H2,1H3;(H,3,4)(H,5,6)/t10-,11+,13-,16-,17-;/m0./s1. The summed E-state index contributed by atoms with van der Waals surface area (Å²) in [6.07, 6.45) is 5.18. The fourth-order valence-electron chi connectivity index (χ4n) is 5.24. The Morgan fingerprint density at radius 2 is 1.93 bits per heavy atom. The second-order valence-corrected chi connectivity index (χ2v) is 7.54. The Morgan fingerprint density at radius 3 is 2.59 bits per heavy atom. The van der Waals surface area contributed by atoms with Crippen LogP contribution in [0.5, 0.6) is 11.5 Å². The van der Waals surface area contributed by atoms with Gasteiger partial charge in [0.25, 0.3) is 0 Å². The number of phenols is 1. The lowest BCUT2D eigenvalue weighted by Crippen LogP contribution is -2.64. The molecule has 4 N–H and O–H groups in total. The van der Waals surface area contributed by atoms with Crippen molar-refractivity contribution in [3.05, 3.63) is 35.4 Å². The number of ether oxygens (including phenoxy) is 1. The van der Waals surface area contributed by atoms with E-state index in [0.717, 1.165) is 19.4 Å². The van der Waals surface area contributed by atoms with E-state index in [9.17, 15) is 10.2 Å². The van der Waals surface area contributed by atoms with Gasteiger partial charge in [0.05, 0.1) is 0 Å². The van der Waals surface area contributed by atoms with Crippen molar-refractivity contribution in [3.63, 3.8) is 0 Å². The lowest BCUT2D eigenvalue weighted by molar-refractivity contribution is -0.159. The van der Waals surface area contributed by atoms with Crippen LogP contribution in [-0.2, 0) is 21.4 Å². The molecule has 8 nitrogen and oxygen atoms in total. The number of carbonyl (C=O) groups is 2. The van der Waals surface area contributed by atoms with Crippen molar-refractivity contribution in [2.75, 3.05) is 13.6 Å². The highest BCUT2D eigenvalue weighted by atomic mass is 16.5. The predicted octanol–water partition coefficient (Wildman–Crippen LogP) is 0.354. The van der Waals surface area contributed by atoms with Gasteiger partial charge in [0.1, 0.15) is 12.2 Å². The van der Waals surface area contributed by atoms with E-state index in [-0.39, 0.29) is 17.3 Å². The van der Waals surface area contributed by atoms with Crippen LogP contribution in [0.1, 0.15) is 17.5 Å². The van der Waals surface area contributed by atoms with E-state index in [1.54, 1.807) is 6.07 Å². The second-order valence-electron chi connectivity index (χ2n) is 7.54. The highest BCUT2D eigenvalue weighted by molar-refractivity contribution is 6.27. The van der Waals surface area contributed by atoms with Crippen molar-refractivity contribution in [1.29, 1.82) is 0 Å². The molecule has 0 saturated carbocycles. The molecule has 2 bridgehead atoms. The van der Waals surface area contributed by atoms with Crippen LogP contribution in [0, 0.1) is 5.92 Å². The molecule has 27 heavy (non-hydrogen) atoms. The van der Waals surface area contributed by atoms with Crippen molar-refractivity contribution in [1.82, 2.24) is 4.90 Å². The van der Waals surface area contributed by atoms with Gasteiger partial charge in [0, 0.05) is 22.9 Å². The minimum absolute atomic E-state index is 0.160. The third kappa shape index (κ3) is 2.36. The summed E-state index contributed by atoms with van der Waals surface area (Å²) in [7, 11) is 2.19. The number of hydrogen-bond acceptors (Lipinski definition) is 6. The molecule has 1 saturated heterocycles. The van der Waals surface area contributed by atoms with E-state index < -0.39 is 18.0 Å². The third-order valence-corrected chi connectivity index (χ3v) is 6.33. The van der Waals surface area contributed by atoms with Gasteiger partial charge in [-0.1, -0.05) is 18.2 Å². The van der Waals surface area contributed by atoms with E-state index in [4.69, 9.17) is 24.5 Å². The Hall–Kier alpha value is -2.58. The average molecular weight is 375 g/mol. The minimum Gasteiger partial charge on any atom is -0.504 e. The summed E-state index contributed by atoms with van der Waals surface area (Å²) in [4.78, 5) is 20.6. The first-order valence-electron chi connectivity index (χ1n) is 8.82. The first-order valence-corrected chi connectivity index (χ1v) is 8.82. The highest BCUT2D eigenvalue weighted by Gasteiger charge is 2.64. The number of aliphatic hydroxyl groups excluding tert-OH is 1. The van der Waals surface area contributed by atoms with E-state index >= 15 is 0 Å². The molecule has 5 rings (SSSR count). The molecule has 0 unspecified atom stereocenters. The van der Waals surface area contributed by atoms with E-state index in [0.29, 0.717) is 17.7 Å². The zero-order valence-electron chi connectivity index (χ0n) is 14.7. The van der Waals surface area contributed by atoms with Crippen molar-refractivity contribution in [2.45, 2.75) is 36.5 Å². The smallest absolute Gasteiger partial charge is 0.414 e. The third-order valence-electron chi connectivity index (χ3n) is 6.33. The van der Waals surface area contributed by atoms with Gasteiger partial charge in [-0.05, 0) is 38.1 Å². The fourth-order valence-corrected chi connectivity index (χ4v) is 5.24. The van der Waals surface area contributed by atoms with Crippen LogP contribution in [0.25, 0.3) is 0 Å². The lowest BCUT2D eigenvalue weighted by atomic mass is 9.53. The molecule has 1 fully saturated rings. The molecule has 2 aliphatic carbocycles. The van der Waals surface area contributed by atoms with E-state index in [1.807, 2.05) is 12.1 Å². The summed E-state index contributed by atoms with van der Waals surface area (Å²) >= 11 is 0. The highest BCUT2D eigenvalue weighted by Crippen LogP contribution is 2.62. The molecule has 8 heteroatoms. The van der Waals surface area contributed by atoms with Gasteiger partial charge in [-0.2, -0.15) is 0 Å². The normalized spacial score (nSPS) is 34.7. The van der Waals surface area contributed by atoms with Gasteiger partial charge in [-0.3, -0.25) is 0 Å². The first kappa shape index (κ1) is 17.8. The number of phenolic OH excluding ortho intramolecular Hbond substituents is 1. The molecule has 0 radical (unpaired) electrons. The second kappa shape index (κ2) is 5.97. The Morgan fingerprint density at radius 1 is 1.22 bits per heavy atom. The molecular formula is C19H21NO7. The predicted molar refractivity (Wildman–Crippen MR) is 92.8 cm³/mol. The number of nitrogens with zero attached hydrogens (tertiary/aromatic N) is 1. The quantitative estimate of drug-likeness (QED) is 0.378. The number of likely N-dealkylation sites (N-methyl/N-ethyl adjacent to an activating group) is 1. The number of piperidine rings is 1. The van der Waals surface area contributed by atoms with Crippen LogP contribution in [0.4, 0.5) is 0 Å². The molecule has 1 aromatic rings. The average Bonchev–Trinajstić information content (AvgIpc) is 2.98. The van der Waals surface area contributed by atoms with Gasteiger partial charge in [-0.25, -0.2) is 9.59 Å². The van der Waals surface area contributed by atoms with Crippen LogP contribution >= 0.6 is 0 Å². The summed E-state index contributed by atoms with van der Waals surface area (Å²) in [5.74, 6) is -2.46. The van der Waals surface area contributed by atoms with Crippen LogP contribution < -0.4 is 4.74 Å². The Kier molecular flexibility index (Phi) is 3.94. The molecule has 0 amide bonds. The van der Waals surface area contributed by atoms with Crippen LogP contribution in [0.15, 0.2) is 24.3 Å². The maximum absolute atomic E-state index is 10.4. The molecule has 1 aromatic carbocycles. The molecule has 0 aromatic heterocycles. The van der Waals surface area contributed by atoms with Gasteiger partial charge in [-0.15, -0.1) is 0 Å². The Bertz CT molecular complexity index is 839. The number of aliphatic carboxylic acids is 2. The van der Waals surface area contributed by atoms with Crippen molar-refractivity contribution < 1.29 is 34.8 Å². The number of hydrogen-bond donors (Lipinski definition) is 4. The monoisotopic (exact) mass is 375 g/mol. The number of rotatable bonds is 0. The molecule has 1 spiro atoms. The largest absolute Gasteiger partial charge is 0.504 e. The summed E-state index contributed by atoms with van der Waals surface area (Å²) in [5, 5.41) is 35.4. The zero-order valence-corrected chi connectivity index (χ0v) is 14.7. The number of aromatic hydroxyl groups is 1. The van der Waals surface area contributed by atoms with Crippen LogP contribution in [-0.4, -0.2) is 69.1 Å². The van der Waals surface area contributed by atoms with Crippen molar-refractivity contribution >= 4 is 11.9 Å². The molecule has 144 valence electrons. The van der Waals surface area contributed by atoms with E-state index in [1.165, 1.54) is 11.1 Å². The Balaban J connectivity index is 0.000000264. The molecular weight excluding hydrogens is 354 g/mol. The molecule has 5 atom stereocenters. The maximum atomic E-state index is 10.4. The maximum Gasteiger partial charge on any atom is 0.414 e. The summed E-state index contributed by atoms with van der Waals surface area (Å²) in [5.41, 5.74) is 2.29. The van der Waals surface area contributed by atoms with Gasteiger partial charge >= 0.3 is 11.9 Å². The van der Waals surface area contributed by atoms with Crippen LogP contribution in [0.3, 0.4) is 0 Å². The van der Waals surface area contributed by atoms with E-state index in [2.05, 4.69) is 18.0 Å². The lowest BCUT2D eigenvalue weighted by Gasteiger charge is -2.56. The van der Waals surface area contributed by atoms with Crippen molar-refractivity contribution in [3.8, 4) is 11.5 Å². The molecule has 2 aliphatic heterocycles.